The summed E-state index contributed by atoms with van der Waals surface area (Å²) in [6.45, 7) is 6.08. The van der Waals surface area contributed by atoms with Gasteiger partial charge < -0.3 is 13.7 Å². The molecule has 1 aromatic carbocycles. The Labute approximate surface area is 202 Å². The lowest BCUT2D eigenvalue weighted by atomic mass is 10.1. The number of rotatable bonds is 5. The van der Waals surface area contributed by atoms with E-state index in [0.717, 1.165) is 5.56 Å². The van der Waals surface area contributed by atoms with Crippen molar-refractivity contribution in [3.05, 3.63) is 63.4 Å². The van der Waals surface area contributed by atoms with Crippen LogP contribution in [0, 0.1) is 12.8 Å². The summed E-state index contributed by atoms with van der Waals surface area (Å²) in [4.78, 5) is 8.93. The number of benzene rings is 1. The third-order valence-corrected chi connectivity index (χ3v) is 6.09. The van der Waals surface area contributed by atoms with Crippen molar-refractivity contribution >= 4 is 40.4 Å². The van der Waals surface area contributed by atoms with Crippen LogP contribution in [0.15, 0.2) is 47.3 Å². The Bertz CT molecular complexity index is 1430. The minimum Gasteiger partial charge on any atom is -0.492 e. The third-order valence-electron chi connectivity index (χ3n) is 5.20. The summed E-state index contributed by atoms with van der Waals surface area (Å²) in [7, 11) is 0. The molecule has 0 bridgehead atoms. The van der Waals surface area contributed by atoms with E-state index in [4.69, 9.17) is 46.8 Å². The molecule has 0 N–H and O–H groups in total. The maximum Gasteiger partial charge on any atom is 0.259 e. The number of pyridine rings is 1. The van der Waals surface area contributed by atoms with Crippen molar-refractivity contribution in [2.45, 2.75) is 26.1 Å². The zero-order chi connectivity index (χ0) is 24.2. The predicted octanol–water partition coefficient (Wildman–Crippen LogP) is 7.06. The molecule has 1 fully saturated rings. The highest BCUT2D eigenvalue weighted by Gasteiger charge is 2.21. The molecule has 9 heteroatoms. The molecule has 6 nitrogen and oxygen atoms in total. The second-order valence-corrected chi connectivity index (χ2v) is 9.00. The summed E-state index contributed by atoms with van der Waals surface area (Å²) < 4.78 is 29.0. The van der Waals surface area contributed by atoms with Gasteiger partial charge in [-0.3, -0.25) is 0 Å². The Kier molecular flexibility index (Phi) is 5.00. The molecule has 1 aliphatic rings. The van der Waals surface area contributed by atoms with Crippen LogP contribution in [0.25, 0.3) is 28.6 Å². The monoisotopic (exact) mass is 490 g/mol. The quantitative estimate of drug-likeness (QED) is 0.280. The van der Waals surface area contributed by atoms with Crippen LogP contribution in [0.4, 0.5) is 0 Å². The van der Waals surface area contributed by atoms with Crippen molar-refractivity contribution in [3.8, 4) is 28.7 Å². The van der Waals surface area contributed by atoms with Crippen LogP contribution in [0.2, 0.25) is 15.1 Å². The summed E-state index contributed by atoms with van der Waals surface area (Å²) in [6.07, 6.45) is 3.26. The summed E-state index contributed by atoms with van der Waals surface area (Å²) in [5.74, 6) is 0.903. The van der Waals surface area contributed by atoms with Gasteiger partial charge in [0.1, 0.15) is 11.4 Å². The van der Waals surface area contributed by atoms with Crippen molar-refractivity contribution in [2.24, 2.45) is 5.92 Å². The summed E-state index contributed by atoms with van der Waals surface area (Å²) >= 11 is 19.2. The topological polar surface area (TPSA) is 65.5 Å². The number of imidazole rings is 1. The predicted molar refractivity (Wildman–Crippen MR) is 126 cm³/mol. The molecule has 5 rings (SSSR count). The Morgan fingerprint density at radius 3 is 2.81 bits per heavy atom. The number of hydrogen-bond acceptors (Lipinski definition) is 5. The van der Waals surface area contributed by atoms with Gasteiger partial charge in [0.15, 0.2) is 5.65 Å². The second-order valence-electron chi connectivity index (χ2n) is 7.77. The molecule has 4 aromatic rings. The number of allylic oxidation sites excluding steroid dienone is 1. The van der Waals surface area contributed by atoms with E-state index in [1.165, 1.54) is 0 Å². The Hall–Kier alpha value is -2.54. The largest absolute Gasteiger partial charge is 0.492 e. The highest BCUT2D eigenvalue weighted by Crippen LogP contribution is 2.38. The smallest absolute Gasteiger partial charge is 0.259 e. The summed E-state index contributed by atoms with van der Waals surface area (Å²) in [6, 6.07) is 5.03. The van der Waals surface area contributed by atoms with E-state index < -0.39 is 6.37 Å². The lowest BCUT2D eigenvalue weighted by Crippen LogP contribution is -2.08. The molecule has 1 aliphatic carbocycles. The van der Waals surface area contributed by atoms with Crippen LogP contribution in [0.1, 0.15) is 27.5 Å². The lowest BCUT2D eigenvalue weighted by Gasteiger charge is -2.13. The third kappa shape index (κ3) is 4.10. The molecule has 0 radical (unpaired) electrons. The summed E-state index contributed by atoms with van der Waals surface area (Å²) in [5.41, 5.74) is 3.14. The highest BCUT2D eigenvalue weighted by atomic mass is 35.5. The molecule has 0 spiro atoms. The first-order valence-corrected chi connectivity index (χ1v) is 11.0. The van der Waals surface area contributed by atoms with Gasteiger partial charge in [-0.05, 0) is 49.8 Å². The maximum atomic E-state index is 7.95. The van der Waals surface area contributed by atoms with Crippen LogP contribution in [0.5, 0.6) is 5.75 Å². The average molecular weight is 492 g/mol. The SMILES string of the molecule is [2H]C1([2H])C[C@H](COc2cc(Cl)c(-c3nc(-c4cn5cc(C)cc(Cl)c5n4)no3)cc2Cl)CC1=C. The van der Waals surface area contributed by atoms with Gasteiger partial charge >= 0.3 is 0 Å². The summed E-state index contributed by atoms with van der Waals surface area (Å²) in [5, 5.41) is 5.21. The molecule has 0 aliphatic heterocycles. The highest BCUT2D eigenvalue weighted by molar-refractivity contribution is 6.36. The van der Waals surface area contributed by atoms with Crippen LogP contribution in [-0.2, 0) is 0 Å². The molecular formula is C23H19Cl3N4O2. The van der Waals surface area contributed by atoms with Crippen molar-refractivity contribution in [3.63, 3.8) is 0 Å². The van der Waals surface area contributed by atoms with Crippen LogP contribution < -0.4 is 4.74 Å². The fourth-order valence-electron chi connectivity index (χ4n) is 3.64. The van der Waals surface area contributed by atoms with Gasteiger partial charge in [0.2, 0.25) is 5.82 Å². The lowest BCUT2D eigenvalue weighted by molar-refractivity contribution is 0.254. The van der Waals surface area contributed by atoms with Crippen molar-refractivity contribution in [1.29, 1.82) is 0 Å². The van der Waals surface area contributed by atoms with E-state index in [1.807, 2.05) is 23.6 Å². The molecule has 0 amide bonds. The Morgan fingerprint density at radius 2 is 2.03 bits per heavy atom. The first kappa shape index (κ1) is 19.0. The molecule has 1 atom stereocenters. The van der Waals surface area contributed by atoms with Gasteiger partial charge in [0, 0.05) is 21.2 Å². The van der Waals surface area contributed by atoms with Gasteiger partial charge in [-0.15, -0.1) is 0 Å². The van der Waals surface area contributed by atoms with E-state index in [-0.39, 0.29) is 17.6 Å². The van der Waals surface area contributed by atoms with E-state index in [0.29, 0.717) is 62.7 Å². The van der Waals surface area contributed by atoms with Crippen LogP contribution in [-0.4, -0.2) is 26.1 Å². The number of nitrogens with zero attached hydrogens (tertiary/aromatic N) is 4. The molecule has 3 aromatic heterocycles. The standard InChI is InChI=1S/C23H19Cl3N4O2/c1-12-3-4-14(5-12)11-31-20-8-16(24)15(7-17(20)25)23-28-21(29-32-23)19-10-30-9-13(2)6-18(26)22(30)27-19/h6-10,14H,1,3-5,11H2,2H3/t14-/m0/s1/i3D2. The fraction of sp³-hybridized carbons (Fsp3) is 0.261. The first-order chi connectivity index (χ1) is 16.1. The van der Waals surface area contributed by atoms with Crippen molar-refractivity contribution in [1.82, 2.24) is 19.5 Å². The van der Waals surface area contributed by atoms with Crippen molar-refractivity contribution < 1.29 is 12.0 Å². The molecule has 1 saturated carbocycles. The Morgan fingerprint density at radius 1 is 1.19 bits per heavy atom. The number of hydrogen-bond donors (Lipinski definition) is 0. The second kappa shape index (κ2) is 8.43. The minimum atomic E-state index is -1.36. The van der Waals surface area contributed by atoms with Crippen molar-refractivity contribution in [2.75, 3.05) is 6.61 Å². The molecule has 32 heavy (non-hydrogen) atoms. The van der Waals surface area contributed by atoms with E-state index >= 15 is 0 Å². The zero-order valence-electron chi connectivity index (χ0n) is 19.0. The van der Waals surface area contributed by atoms with Crippen LogP contribution in [0.3, 0.4) is 0 Å². The fourth-order valence-corrected chi connectivity index (χ4v) is 4.41. The van der Waals surface area contributed by atoms with E-state index in [2.05, 4.69) is 21.7 Å². The van der Waals surface area contributed by atoms with Gasteiger partial charge in [0.25, 0.3) is 5.89 Å². The average Bonchev–Trinajstić information content (AvgIpc) is 3.46. The molecule has 0 saturated heterocycles. The number of aromatic nitrogens is 4. The van der Waals surface area contributed by atoms with Gasteiger partial charge in [-0.2, -0.15) is 4.98 Å². The van der Waals surface area contributed by atoms with Crippen LogP contribution >= 0.6 is 34.8 Å². The molecule has 164 valence electrons. The zero-order valence-corrected chi connectivity index (χ0v) is 19.3. The maximum absolute atomic E-state index is 7.95. The number of aryl methyl sites for hydroxylation is 1. The molecular weight excluding hydrogens is 471 g/mol. The number of halogens is 3. The number of ether oxygens (including phenoxy) is 1. The first-order valence-electron chi connectivity index (χ1n) is 10.9. The minimum absolute atomic E-state index is 0.0261. The molecule has 3 heterocycles. The Balaban J connectivity index is 1.36. The van der Waals surface area contributed by atoms with E-state index in [9.17, 15) is 0 Å². The van der Waals surface area contributed by atoms with E-state index in [1.54, 1.807) is 18.3 Å². The number of fused-ring (bicyclic) bond motifs is 1. The van der Waals surface area contributed by atoms with Gasteiger partial charge in [-0.1, -0.05) is 52.1 Å². The molecule has 0 unspecified atom stereocenters. The normalized spacial score (nSPS) is 18.8. The van der Waals surface area contributed by atoms with Gasteiger partial charge in [0.05, 0.1) is 27.2 Å². The van der Waals surface area contributed by atoms with Gasteiger partial charge in [-0.25, -0.2) is 4.98 Å².